The largest absolute Gasteiger partial charge is 0.316 e. The van der Waals surface area contributed by atoms with Gasteiger partial charge in [0.1, 0.15) is 0 Å². The fraction of sp³-hybridized carbons (Fsp3) is 0.571. The predicted molar refractivity (Wildman–Crippen MR) is 70.1 cm³/mol. The van der Waals surface area contributed by atoms with Crippen LogP contribution in [0.25, 0.3) is 0 Å². The maximum atomic E-state index is 5.95. The zero-order valence-electron chi connectivity index (χ0n) is 9.93. The lowest BCUT2D eigenvalue weighted by Gasteiger charge is -2.30. The molecular formula is C14H20ClN. The molecule has 16 heavy (non-hydrogen) atoms. The summed E-state index contributed by atoms with van der Waals surface area (Å²) in [7, 11) is 0. The van der Waals surface area contributed by atoms with Gasteiger partial charge in [-0.1, -0.05) is 43.5 Å². The van der Waals surface area contributed by atoms with Gasteiger partial charge < -0.3 is 5.32 Å². The number of nitrogens with one attached hydrogen (secondary N) is 1. The molecule has 2 heteroatoms. The Balaban J connectivity index is 2.21. The van der Waals surface area contributed by atoms with E-state index in [-0.39, 0.29) is 0 Å². The molecule has 0 radical (unpaired) electrons. The monoisotopic (exact) mass is 237 g/mol. The van der Waals surface area contributed by atoms with Crippen molar-refractivity contribution in [2.24, 2.45) is 0 Å². The second kappa shape index (κ2) is 5.20. The fourth-order valence-corrected chi connectivity index (χ4v) is 2.91. The van der Waals surface area contributed by atoms with Crippen LogP contribution in [-0.4, -0.2) is 13.1 Å². The molecule has 1 nitrogen and oxygen atoms in total. The van der Waals surface area contributed by atoms with Gasteiger partial charge in [0.25, 0.3) is 0 Å². The number of rotatable bonds is 4. The van der Waals surface area contributed by atoms with Gasteiger partial charge in [0, 0.05) is 17.0 Å². The Hall–Kier alpha value is -0.530. The summed E-state index contributed by atoms with van der Waals surface area (Å²) in [5, 5.41) is 4.34. The summed E-state index contributed by atoms with van der Waals surface area (Å²) in [6, 6.07) is 8.43. The van der Waals surface area contributed by atoms with E-state index >= 15 is 0 Å². The van der Waals surface area contributed by atoms with Gasteiger partial charge in [0.05, 0.1) is 0 Å². The van der Waals surface area contributed by atoms with E-state index in [0.717, 1.165) is 18.1 Å². The van der Waals surface area contributed by atoms with Gasteiger partial charge in [0.2, 0.25) is 0 Å². The average Bonchev–Trinajstić information content (AvgIpc) is 2.77. The predicted octanol–water partition coefficient (Wildman–Crippen LogP) is 3.76. The molecule has 1 aromatic carbocycles. The molecule has 0 aliphatic heterocycles. The van der Waals surface area contributed by atoms with Crippen LogP contribution in [0, 0.1) is 0 Å². The van der Waals surface area contributed by atoms with Crippen LogP contribution in [0.15, 0.2) is 24.3 Å². The summed E-state index contributed by atoms with van der Waals surface area (Å²) in [5.41, 5.74) is 1.82. The molecule has 1 saturated carbocycles. The molecule has 2 rings (SSSR count). The molecular weight excluding hydrogens is 218 g/mol. The lowest BCUT2D eigenvalue weighted by Crippen LogP contribution is -2.35. The van der Waals surface area contributed by atoms with Crippen molar-refractivity contribution in [2.45, 2.75) is 38.0 Å². The third-order valence-corrected chi connectivity index (χ3v) is 3.98. The van der Waals surface area contributed by atoms with Gasteiger partial charge in [-0.3, -0.25) is 0 Å². The topological polar surface area (TPSA) is 12.0 Å². The number of likely N-dealkylation sites (N-methyl/N-ethyl adjacent to an activating group) is 1. The van der Waals surface area contributed by atoms with Crippen LogP contribution in [0.2, 0.25) is 5.02 Å². The summed E-state index contributed by atoms with van der Waals surface area (Å²) in [5.74, 6) is 0. The highest BCUT2D eigenvalue weighted by Gasteiger charge is 2.34. The molecule has 0 heterocycles. The van der Waals surface area contributed by atoms with Crippen LogP contribution in [0.3, 0.4) is 0 Å². The highest BCUT2D eigenvalue weighted by Crippen LogP contribution is 2.40. The normalized spacial score (nSPS) is 18.9. The van der Waals surface area contributed by atoms with Gasteiger partial charge >= 0.3 is 0 Å². The van der Waals surface area contributed by atoms with Crippen LogP contribution >= 0.6 is 11.6 Å². The van der Waals surface area contributed by atoms with Crippen molar-refractivity contribution in [3.63, 3.8) is 0 Å². The summed E-state index contributed by atoms with van der Waals surface area (Å²) >= 11 is 5.95. The van der Waals surface area contributed by atoms with E-state index in [4.69, 9.17) is 11.6 Å². The van der Waals surface area contributed by atoms with Crippen molar-refractivity contribution in [1.82, 2.24) is 5.32 Å². The summed E-state index contributed by atoms with van der Waals surface area (Å²) in [4.78, 5) is 0. The zero-order chi connectivity index (χ0) is 11.4. The molecule has 0 unspecified atom stereocenters. The van der Waals surface area contributed by atoms with E-state index < -0.39 is 0 Å². The Kier molecular flexibility index (Phi) is 3.88. The highest BCUT2D eigenvalue weighted by atomic mass is 35.5. The van der Waals surface area contributed by atoms with Crippen molar-refractivity contribution in [3.8, 4) is 0 Å². The van der Waals surface area contributed by atoms with Gasteiger partial charge in [-0.2, -0.15) is 0 Å². The van der Waals surface area contributed by atoms with Crippen LogP contribution in [0.4, 0.5) is 0 Å². The molecule has 1 fully saturated rings. The highest BCUT2D eigenvalue weighted by molar-refractivity contribution is 6.30. The lowest BCUT2D eigenvalue weighted by atomic mass is 9.79. The molecule has 0 atom stereocenters. The van der Waals surface area contributed by atoms with Crippen LogP contribution in [0.1, 0.15) is 38.2 Å². The minimum absolute atomic E-state index is 0.362. The van der Waals surface area contributed by atoms with Crippen LogP contribution < -0.4 is 5.32 Å². The smallest absolute Gasteiger partial charge is 0.0406 e. The van der Waals surface area contributed by atoms with Gasteiger partial charge in [0.15, 0.2) is 0 Å². The standard InChI is InChI=1S/C14H20ClN/c1-2-16-11-14(9-3-4-10-14)12-5-7-13(15)8-6-12/h5-8,16H,2-4,9-11H2,1H3. The second-order valence-electron chi connectivity index (χ2n) is 4.77. The first-order valence-electron chi connectivity index (χ1n) is 6.24. The molecule has 0 aromatic heterocycles. The maximum absolute atomic E-state index is 5.95. The average molecular weight is 238 g/mol. The van der Waals surface area contributed by atoms with E-state index in [0.29, 0.717) is 5.41 Å². The molecule has 1 N–H and O–H groups in total. The Morgan fingerprint density at radius 2 is 1.81 bits per heavy atom. The Morgan fingerprint density at radius 3 is 2.38 bits per heavy atom. The van der Waals surface area contributed by atoms with Crippen molar-refractivity contribution >= 4 is 11.6 Å². The Morgan fingerprint density at radius 1 is 1.19 bits per heavy atom. The second-order valence-corrected chi connectivity index (χ2v) is 5.21. The third-order valence-electron chi connectivity index (χ3n) is 3.73. The molecule has 1 aliphatic rings. The molecule has 1 aromatic rings. The van der Waals surface area contributed by atoms with Gasteiger partial charge in [-0.15, -0.1) is 0 Å². The molecule has 0 bridgehead atoms. The van der Waals surface area contributed by atoms with Crippen molar-refractivity contribution in [3.05, 3.63) is 34.9 Å². The minimum atomic E-state index is 0.362. The zero-order valence-corrected chi connectivity index (χ0v) is 10.7. The number of halogens is 1. The molecule has 0 amide bonds. The first-order chi connectivity index (χ1) is 7.77. The van der Waals surface area contributed by atoms with Crippen molar-refractivity contribution in [1.29, 1.82) is 0 Å². The molecule has 0 saturated heterocycles. The SMILES string of the molecule is CCNCC1(c2ccc(Cl)cc2)CCCC1. The van der Waals surface area contributed by atoms with E-state index in [9.17, 15) is 0 Å². The number of hydrogen-bond donors (Lipinski definition) is 1. The maximum Gasteiger partial charge on any atom is 0.0406 e. The van der Waals surface area contributed by atoms with E-state index in [1.165, 1.54) is 31.2 Å². The van der Waals surface area contributed by atoms with E-state index in [1.54, 1.807) is 0 Å². The van der Waals surface area contributed by atoms with E-state index in [2.05, 4.69) is 24.4 Å². The Bertz CT molecular complexity index is 325. The molecule has 0 spiro atoms. The van der Waals surface area contributed by atoms with Crippen molar-refractivity contribution in [2.75, 3.05) is 13.1 Å². The molecule has 88 valence electrons. The fourth-order valence-electron chi connectivity index (χ4n) is 2.79. The molecule has 1 aliphatic carbocycles. The van der Waals surface area contributed by atoms with E-state index in [1.807, 2.05) is 12.1 Å². The van der Waals surface area contributed by atoms with Gasteiger partial charge in [-0.05, 0) is 37.1 Å². The van der Waals surface area contributed by atoms with Crippen LogP contribution in [-0.2, 0) is 5.41 Å². The summed E-state index contributed by atoms with van der Waals surface area (Å²) in [6.07, 6.45) is 5.32. The summed E-state index contributed by atoms with van der Waals surface area (Å²) < 4.78 is 0. The van der Waals surface area contributed by atoms with Gasteiger partial charge in [-0.25, -0.2) is 0 Å². The van der Waals surface area contributed by atoms with Crippen LogP contribution in [0.5, 0.6) is 0 Å². The first-order valence-corrected chi connectivity index (χ1v) is 6.61. The Labute approximate surface area is 103 Å². The lowest BCUT2D eigenvalue weighted by molar-refractivity contribution is 0.410. The van der Waals surface area contributed by atoms with Crippen molar-refractivity contribution < 1.29 is 0 Å². The summed E-state index contributed by atoms with van der Waals surface area (Å²) in [6.45, 7) is 4.32. The quantitative estimate of drug-likeness (QED) is 0.841. The minimum Gasteiger partial charge on any atom is -0.316 e. The first kappa shape index (κ1) is 11.9. The third kappa shape index (κ3) is 2.41. The number of benzene rings is 1. The number of hydrogen-bond acceptors (Lipinski definition) is 1.